The van der Waals surface area contributed by atoms with Crippen LogP contribution in [0.15, 0.2) is 154 Å². The van der Waals surface area contributed by atoms with Gasteiger partial charge in [-0.1, -0.05) is 91.0 Å². The van der Waals surface area contributed by atoms with Crippen molar-refractivity contribution < 1.29 is 18.3 Å². The molecule has 2 aliphatic rings. The second-order valence-corrected chi connectivity index (χ2v) is 16.5. The summed E-state index contributed by atoms with van der Waals surface area (Å²) in [5.41, 5.74) is 12.0. The van der Waals surface area contributed by atoms with Crippen LogP contribution in [0.4, 0.5) is 0 Å². The number of hydrogen-bond donors (Lipinski definition) is 0. The first-order valence-electron chi connectivity index (χ1n) is 22.4. The molecule has 2 saturated heterocycles. The average Bonchev–Trinajstić information content (AvgIpc) is 4.16. The van der Waals surface area contributed by atoms with Gasteiger partial charge in [0.15, 0.2) is 11.2 Å². The van der Waals surface area contributed by atoms with Crippen LogP contribution < -0.4 is 0 Å². The van der Waals surface area contributed by atoms with Crippen LogP contribution in [0, 0.1) is 0 Å². The highest BCUT2D eigenvalue weighted by atomic mass is 16.5. The Bertz CT molecular complexity index is 3140. The van der Waals surface area contributed by atoms with Gasteiger partial charge in [0.05, 0.1) is 22.1 Å². The fourth-order valence-corrected chi connectivity index (χ4v) is 9.13. The van der Waals surface area contributed by atoms with Crippen molar-refractivity contribution in [2.75, 3.05) is 26.4 Å². The summed E-state index contributed by atoms with van der Waals surface area (Å²) in [5.74, 6) is 3.37. The highest BCUT2D eigenvalue weighted by Crippen LogP contribution is 2.34. The lowest BCUT2D eigenvalue weighted by Gasteiger charge is -2.26. The maximum Gasteiger partial charge on any atom is 0.227 e. The molecule has 2 aliphatic heterocycles. The molecular formula is C54H48N6O4. The Balaban J connectivity index is 0.000000143. The van der Waals surface area contributed by atoms with Crippen molar-refractivity contribution in [1.82, 2.24) is 29.1 Å². The zero-order valence-electron chi connectivity index (χ0n) is 35.6. The molecule has 6 heterocycles. The van der Waals surface area contributed by atoms with Gasteiger partial charge < -0.3 is 27.4 Å². The number of benzene rings is 6. The van der Waals surface area contributed by atoms with Crippen molar-refractivity contribution >= 4 is 56.4 Å². The summed E-state index contributed by atoms with van der Waals surface area (Å²) in [6, 6.07) is 50.2. The molecule has 0 atom stereocenters. The molecule has 0 N–H and O–H groups in total. The molecule has 10 heteroatoms. The minimum atomic E-state index is 0.374. The van der Waals surface area contributed by atoms with Gasteiger partial charge in [-0.05, 0) is 110 Å². The van der Waals surface area contributed by atoms with Crippen LogP contribution in [-0.4, -0.2) is 55.5 Å². The highest BCUT2D eigenvalue weighted by Gasteiger charge is 2.24. The Hall–Kier alpha value is -7.14. The fourth-order valence-electron chi connectivity index (χ4n) is 9.13. The Morgan fingerprint density at radius 1 is 0.469 bits per heavy atom. The number of aromatic nitrogens is 6. The molecular weight excluding hydrogens is 797 g/mol. The number of aryl methyl sites for hydroxylation is 2. The largest absolute Gasteiger partial charge is 0.436 e. The Morgan fingerprint density at radius 3 is 1.58 bits per heavy atom. The van der Waals surface area contributed by atoms with Crippen LogP contribution in [0.3, 0.4) is 0 Å². The normalized spacial score (nSPS) is 15.1. The fraction of sp³-hybridized carbons (Fsp3) is 0.222. The number of imidazole rings is 2. The van der Waals surface area contributed by atoms with E-state index >= 15 is 0 Å². The molecule has 12 rings (SSSR count). The smallest absolute Gasteiger partial charge is 0.227 e. The van der Waals surface area contributed by atoms with Crippen molar-refractivity contribution in [3.8, 4) is 22.9 Å². The first-order valence-corrected chi connectivity index (χ1v) is 22.4. The number of hydrogen-bond acceptors (Lipinski definition) is 8. The van der Waals surface area contributed by atoms with Gasteiger partial charge in [0.1, 0.15) is 22.7 Å². The first kappa shape index (κ1) is 39.7. The van der Waals surface area contributed by atoms with Crippen molar-refractivity contribution in [2.45, 2.75) is 50.6 Å². The molecule has 318 valence electrons. The van der Waals surface area contributed by atoms with E-state index in [-0.39, 0.29) is 0 Å². The molecule has 64 heavy (non-hydrogen) atoms. The van der Waals surface area contributed by atoms with E-state index in [0.717, 1.165) is 132 Å². The van der Waals surface area contributed by atoms with Crippen LogP contribution in [0.5, 0.6) is 0 Å². The van der Waals surface area contributed by atoms with E-state index in [1.807, 2.05) is 66.7 Å². The quantitative estimate of drug-likeness (QED) is 0.141. The van der Waals surface area contributed by atoms with E-state index in [4.69, 9.17) is 28.3 Å². The summed E-state index contributed by atoms with van der Waals surface area (Å²) < 4.78 is 28.1. The van der Waals surface area contributed by atoms with E-state index in [0.29, 0.717) is 23.9 Å². The van der Waals surface area contributed by atoms with E-state index in [2.05, 4.69) is 110 Å². The van der Waals surface area contributed by atoms with Gasteiger partial charge in [-0.15, -0.1) is 0 Å². The number of para-hydroxylation sites is 4. The molecule has 0 aliphatic carbocycles. The Labute approximate surface area is 370 Å². The van der Waals surface area contributed by atoms with Crippen LogP contribution >= 0.6 is 0 Å². The monoisotopic (exact) mass is 844 g/mol. The summed E-state index contributed by atoms with van der Waals surface area (Å²) in [7, 11) is 0. The number of ether oxygens (including phenoxy) is 2. The summed E-state index contributed by atoms with van der Waals surface area (Å²) in [6.07, 6.45) is 10.2. The van der Waals surface area contributed by atoms with E-state index < -0.39 is 0 Å². The standard InChI is InChI=1S/C27H25N3O2.C27H23N3O2/c2*1-2-6-19(7-3-1)10-13-26-28-23-18-20(27-29-22-8-4-5-9-25(22)32-27)11-12-24(23)30(26)21-14-16-31-17-15-21/h1-9,11-12,18,21H,10,13-17H2;1-13,18,21H,14-17H2/b;13-10+. The summed E-state index contributed by atoms with van der Waals surface area (Å²) in [4.78, 5) is 19.4. The second kappa shape index (κ2) is 17.9. The molecule has 6 aromatic carbocycles. The lowest BCUT2D eigenvalue weighted by molar-refractivity contribution is 0.0698. The highest BCUT2D eigenvalue weighted by molar-refractivity contribution is 5.86. The predicted molar refractivity (Wildman–Crippen MR) is 253 cm³/mol. The maximum atomic E-state index is 6.00. The van der Waals surface area contributed by atoms with E-state index in [9.17, 15) is 0 Å². The number of nitrogens with zero attached hydrogens (tertiary/aromatic N) is 6. The van der Waals surface area contributed by atoms with Gasteiger partial charge in [0.25, 0.3) is 0 Å². The Morgan fingerprint density at radius 2 is 0.984 bits per heavy atom. The third kappa shape index (κ3) is 8.25. The molecule has 0 unspecified atom stereocenters. The second-order valence-electron chi connectivity index (χ2n) is 16.5. The molecule has 10 aromatic rings. The predicted octanol–water partition coefficient (Wildman–Crippen LogP) is 12.3. The molecule has 0 bridgehead atoms. The number of rotatable bonds is 9. The molecule has 4 aromatic heterocycles. The van der Waals surface area contributed by atoms with Crippen molar-refractivity contribution in [3.63, 3.8) is 0 Å². The Kier molecular flexibility index (Phi) is 11.1. The van der Waals surface area contributed by atoms with Crippen LogP contribution in [0.25, 0.3) is 79.3 Å². The van der Waals surface area contributed by atoms with Gasteiger partial charge in [-0.2, -0.15) is 0 Å². The van der Waals surface area contributed by atoms with Gasteiger partial charge in [-0.25, -0.2) is 19.9 Å². The van der Waals surface area contributed by atoms with Crippen LogP contribution in [0.2, 0.25) is 0 Å². The molecule has 0 amide bonds. The van der Waals surface area contributed by atoms with Crippen molar-refractivity contribution in [1.29, 1.82) is 0 Å². The average molecular weight is 845 g/mol. The lowest BCUT2D eigenvalue weighted by Crippen LogP contribution is -2.21. The zero-order chi connectivity index (χ0) is 42.7. The third-order valence-electron chi connectivity index (χ3n) is 12.4. The summed E-state index contributed by atoms with van der Waals surface area (Å²) >= 11 is 0. The molecule has 0 saturated carbocycles. The minimum absolute atomic E-state index is 0.374. The number of oxazole rings is 2. The molecule has 10 nitrogen and oxygen atoms in total. The summed E-state index contributed by atoms with van der Waals surface area (Å²) in [6.45, 7) is 3.19. The van der Waals surface area contributed by atoms with Crippen molar-refractivity contribution in [3.05, 3.63) is 168 Å². The van der Waals surface area contributed by atoms with Crippen LogP contribution in [0.1, 0.15) is 60.5 Å². The molecule has 2 fully saturated rings. The van der Waals surface area contributed by atoms with Gasteiger partial charge in [0, 0.05) is 56.1 Å². The lowest BCUT2D eigenvalue weighted by atomic mass is 10.1. The first-order chi connectivity index (χ1) is 31.7. The van der Waals surface area contributed by atoms with Crippen molar-refractivity contribution in [2.24, 2.45) is 0 Å². The minimum Gasteiger partial charge on any atom is -0.436 e. The summed E-state index contributed by atoms with van der Waals surface area (Å²) in [5, 5.41) is 0. The maximum absolute atomic E-state index is 6.00. The van der Waals surface area contributed by atoms with Gasteiger partial charge in [-0.3, -0.25) is 0 Å². The molecule has 0 radical (unpaired) electrons. The zero-order valence-corrected chi connectivity index (χ0v) is 35.6. The van der Waals surface area contributed by atoms with E-state index in [1.54, 1.807) is 0 Å². The van der Waals surface area contributed by atoms with Gasteiger partial charge in [0.2, 0.25) is 11.8 Å². The van der Waals surface area contributed by atoms with Crippen LogP contribution in [-0.2, 0) is 22.3 Å². The topological polar surface area (TPSA) is 106 Å². The third-order valence-corrected chi connectivity index (χ3v) is 12.4. The molecule has 0 spiro atoms. The number of fused-ring (bicyclic) bond motifs is 4. The van der Waals surface area contributed by atoms with E-state index in [1.165, 1.54) is 11.1 Å². The SMILES string of the molecule is C(=C\c1nc2cc(-c3nc4ccccc4o3)ccc2n1C1CCOCC1)/c1ccccc1.c1ccc(CCc2nc3cc(-c4nc5ccccc5o4)ccc3n2C2CCOCC2)cc1. The van der Waals surface area contributed by atoms with Gasteiger partial charge >= 0.3 is 0 Å².